The van der Waals surface area contributed by atoms with Crippen LogP contribution in [0.2, 0.25) is 0 Å². The number of nitrogens with zero attached hydrogens (tertiary/aromatic N) is 2. The Balaban J connectivity index is 2.24. The molecule has 1 fully saturated rings. The number of β-amino-alcohol motifs (C(OH)–C–C–N with tert-alkyl or cyclic N) is 1. The summed E-state index contributed by atoms with van der Waals surface area (Å²) in [4.78, 5) is 2.23. The van der Waals surface area contributed by atoms with Crippen LogP contribution in [0, 0.1) is 16.7 Å². The van der Waals surface area contributed by atoms with E-state index in [0.717, 1.165) is 32.5 Å². The van der Waals surface area contributed by atoms with Gasteiger partial charge in [0.2, 0.25) is 0 Å². The summed E-state index contributed by atoms with van der Waals surface area (Å²) >= 11 is 0. The van der Waals surface area contributed by atoms with Gasteiger partial charge >= 0.3 is 0 Å². The van der Waals surface area contributed by atoms with Crippen molar-refractivity contribution in [3.63, 3.8) is 0 Å². The quantitative estimate of drug-likeness (QED) is 0.708. The maximum Gasteiger partial charge on any atom is 0.0684 e. The Morgan fingerprint density at radius 3 is 2.77 bits per heavy atom. The fraction of sp³-hybridized carbons (Fsp3) is 0.900. The van der Waals surface area contributed by atoms with Crippen molar-refractivity contribution in [2.24, 2.45) is 5.41 Å². The normalized spacial score (nSPS) is 24.6. The van der Waals surface area contributed by atoms with Crippen LogP contribution in [0.3, 0.4) is 0 Å². The predicted molar refractivity (Wildman–Crippen MR) is 51.1 cm³/mol. The molecule has 1 aliphatic heterocycles. The van der Waals surface area contributed by atoms with E-state index in [9.17, 15) is 5.11 Å². The molecule has 3 nitrogen and oxygen atoms in total. The van der Waals surface area contributed by atoms with Gasteiger partial charge in [0.1, 0.15) is 0 Å². The van der Waals surface area contributed by atoms with Crippen LogP contribution in [0.5, 0.6) is 0 Å². The smallest absolute Gasteiger partial charge is 0.0684 e. The molecular formula is C10H18N2O. The molecule has 1 atom stereocenters. The Morgan fingerprint density at radius 2 is 2.31 bits per heavy atom. The molecule has 1 aliphatic rings. The largest absolute Gasteiger partial charge is 0.392 e. The fourth-order valence-electron chi connectivity index (χ4n) is 1.51. The number of rotatable bonds is 3. The third-order valence-electron chi connectivity index (χ3n) is 2.60. The summed E-state index contributed by atoms with van der Waals surface area (Å²) in [5.74, 6) is 0. The highest BCUT2D eigenvalue weighted by Gasteiger charge is 2.23. The molecule has 0 saturated carbocycles. The molecule has 1 N–H and O–H groups in total. The van der Waals surface area contributed by atoms with Crippen LogP contribution in [-0.2, 0) is 0 Å². The summed E-state index contributed by atoms with van der Waals surface area (Å²) in [5.41, 5.74) is -0.229. The van der Waals surface area contributed by atoms with Gasteiger partial charge in [0, 0.05) is 13.1 Å². The molecular weight excluding hydrogens is 164 g/mol. The van der Waals surface area contributed by atoms with Gasteiger partial charge in [0.15, 0.2) is 0 Å². The van der Waals surface area contributed by atoms with Gasteiger partial charge in [-0.3, -0.25) is 0 Å². The second kappa shape index (κ2) is 4.08. The van der Waals surface area contributed by atoms with Gasteiger partial charge in [0.05, 0.1) is 17.6 Å². The van der Waals surface area contributed by atoms with Crippen LogP contribution in [0.4, 0.5) is 0 Å². The van der Waals surface area contributed by atoms with Crippen molar-refractivity contribution in [2.75, 3.05) is 19.6 Å². The zero-order chi connectivity index (χ0) is 9.90. The lowest BCUT2D eigenvalue weighted by molar-refractivity contribution is 0.172. The zero-order valence-electron chi connectivity index (χ0n) is 8.45. The van der Waals surface area contributed by atoms with Crippen molar-refractivity contribution >= 4 is 0 Å². The first-order chi connectivity index (χ1) is 6.03. The average molecular weight is 182 g/mol. The molecule has 0 aromatic heterocycles. The minimum atomic E-state index is -0.229. The lowest BCUT2D eigenvalue weighted by Gasteiger charge is -2.20. The molecule has 74 valence electrons. The third kappa shape index (κ3) is 3.33. The molecule has 1 saturated heterocycles. The van der Waals surface area contributed by atoms with E-state index in [0.29, 0.717) is 0 Å². The molecule has 0 bridgehead atoms. The summed E-state index contributed by atoms with van der Waals surface area (Å²) in [6.07, 6.45) is 1.62. The number of likely N-dealkylation sites (tertiary alicyclic amines) is 1. The monoisotopic (exact) mass is 182 g/mol. The first-order valence-electron chi connectivity index (χ1n) is 4.85. The van der Waals surface area contributed by atoms with Crippen LogP contribution in [0.1, 0.15) is 26.7 Å². The SMILES string of the molecule is CC(C)(C#N)CCN1CC[C@H](O)C1. The average Bonchev–Trinajstić information content (AvgIpc) is 2.48. The van der Waals surface area contributed by atoms with E-state index in [1.54, 1.807) is 0 Å². The summed E-state index contributed by atoms with van der Waals surface area (Å²) < 4.78 is 0. The first-order valence-corrected chi connectivity index (χ1v) is 4.85. The predicted octanol–water partition coefficient (Wildman–Crippen LogP) is 0.993. The second-order valence-electron chi connectivity index (χ2n) is 4.49. The molecule has 0 aliphatic carbocycles. The molecule has 1 rings (SSSR count). The maximum atomic E-state index is 9.28. The molecule has 0 radical (unpaired) electrons. The van der Waals surface area contributed by atoms with Crippen molar-refractivity contribution < 1.29 is 5.11 Å². The molecule has 1 heterocycles. The number of hydrogen-bond donors (Lipinski definition) is 1. The highest BCUT2D eigenvalue weighted by Crippen LogP contribution is 2.20. The number of aliphatic hydroxyl groups excluding tert-OH is 1. The van der Waals surface area contributed by atoms with E-state index in [1.165, 1.54) is 0 Å². The Hall–Kier alpha value is -0.590. The lowest BCUT2D eigenvalue weighted by Crippen LogP contribution is -2.26. The number of aliphatic hydroxyl groups is 1. The number of nitriles is 1. The Bertz CT molecular complexity index is 207. The first kappa shape index (κ1) is 10.5. The molecule has 0 aromatic carbocycles. The van der Waals surface area contributed by atoms with Gasteiger partial charge in [0.25, 0.3) is 0 Å². The summed E-state index contributed by atoms with van der Waals surface area (Å²) in [5, 5.41) is 18.1. The molecule has 3 heteroatoms. The standard InChI is InChI=1S/C10H18N2O/c1-10(2,8-11)4-6-12-5-3-9(13)7-12/h9,13H,3-7H2,1-2H3/t9-/m0/s1. The third-order valence-corrected chi connectivity index (χ3v) is 2.60. The van der Waals surface area contributed by atoms with Crippen molar-refractivity contribution in [2.45, 2.75) is 32.8 Å². The van der Waals surface area contributed by atoms with E-state index in [1.807, 2.05) is 13.8 Å². The zero-order valence-corrected chi connectivity index (χ0v) is 8.45. The number of hydrogen-bond acceptors (Lipinski definition) is 3. The van der Waals surface area contributed by atoms with Crippen LogP contribution in [0.15, 0.2) is 0 Å². The van der Waals surface area contributed by atoms with Crippen molar-refractivity contribution in [1.29, 1.82) is 5.26 Å². The van der Waals surface area contributed by atoms with Crippen molar-refractivity contribution in [3.05, 3.63) is 0 Å². The summed E-state index contributed by atoms with van der Waals surface area (Å²) in [6.45, 7) is 6.60. The summed E-state index contributed by atoms with van der Waals surface area (Å²) in [7, 11) is 0. The van der Waals surface area contributed by atoms with Crippen LogP contribution < -0.4 is 0 Å². The summed E-state index contributed by atoms with van der Waals surface area (Å²) in [6, 6.07) is 2.29. The molecule has 0 spiro atoms. The van der Waals surface area contributed by atoms with Gasteiger partial charge in [-0.25, -0.2) is 0 Å². The maximum absolute atomic E-state index is 9.28. The molecule has 13 heavy (non-hydrogen) atoms. The minimum Gasteiger partial charge on any atom is -0.392 e. The van der Waals surface area contributed by atoms with Gasteiger partial charge in [-0.05, 0) is 33.2 Å². The van der Waals surface area contributed by atoms with E-state index in [-0.39, 0.29) is 11.5 Å². The van der Waals surface area contributed by atoms with Gasteiger partial charge in [-0.2, -0.15) is 5.26 Å². The van der Waals surface area contributed by atoms with E-state index < -0.39 is 0 Å². The van der Waals surface area contributed by atoms with Gasteiger partial charge < -0.3 is 10.0 Å². The Morgan fingerprint density at radius 1 is 1.62 bits per heavy atom. The Kier molecular flexibility index (Phi) is 3.29. The second-order valence-corrected chi connectivity index (χ2v) is 4.49. The highest BCUT2D eigenvalue weighted by atomic mass is 16.3. The van der Waals surface area contributed by atoms with Crippen LogP contribution in [0.25, 0.3) is 0 Å². The van der Waals surface area contributed by atoms with Gasteiger partial charge in [-0.1, -0.05) is 0 Å². The highest BCUT2D eigenvalue weighted by molar-refractivity contribution is 4.92. The van der Waals surface area contributed by atoms with Crippen LogP contribution in [-0.4, -0.2) is 35.7 Å². The molecule has 0 amide bonds. The minimum absolute atomic E-state index is 0.148. The topological polar surface area (TPSA) is 47.3 Å². The molecule has 0 aromatic rings. The van der Waals surface area contributed by atoms with Crippen molar-refractivity contribution in [1.82, 2.24) is 4.90 Å². The lowest BCUT2D eigenvalue weighted by atomic mass is 9.91. The van der Waals surface area contributed by atoms with Crippen LogP contribution >= 0.6 is 0 Å². The fourth-order valence-corrected chi connectivity index (χ4v) is 1.51. The van der Waals surface area contributed by atoms with Gasteiger partial charge in [-0.15, -0.1) is 0 Å². The Labute approximate surface area is 80.0 Å². The molecule has 0 unspecified atom stereocenters. The van der Waals surface area contributed by atoms with E-state index in [4.69, 9.17) is 5.26 Å². The van der Waals surface area contributed by atoms with E-state index in [2.05, 4.69) is 11.0 Å². The van der Waals surface area contributed by atoms with E-state index >= 15 is 0 Å². The van der Waals surface area contributed by atoms with Crippen molar-refractivity contribution in [3.8, 4) is 6.07 Å².